The first kappa shape index (κ1) is 17.3. The molecule has 1 aliphatic rings. The van der Waals surface area contributed by atoms with Crippen molar-refractivity contribution in [1.82, 2.24) is 0 Å². The van der Waals surface area contributed by atoms with Gasteiger partial charge in [0.05, 0.1) is 16.2 Å². The lowest BCUT2D eigenvalue weighted by Gasteiger charge is -2.43. The van der Waals surface area contributed by atoms with Gasteiger partial charge in [-0.3, -0.25) is 0 Å². The number of nitriles is 1. The smallest absolute Gasteiger partial charge is 0.128 e. The summed E-state index contributed by atoms with van der Waals surface area (Å²) in [6, 6.07) is 16.3. The van der Waals surface area contributed by atoms with E-state index in [9.17, 15) is 15.3 Å². The number of nitrogens with zero attached hydrogens (tertiary/aromatic N) is 1. The van der Waals surface area contributed by atoms with Crippen molar-refractivity contribution < 1.29 is 15.3 Å². The maximum absolute atomic E-state index is 11.1. The van der Waals surface area contributed by atoms with Crippen molar-refractivity contribution in [1.29, 1.82) is 5.26 Å². The van der Waals surface area contributed by atoms with Crippen LogP contribution in [0, 0.1) is 11.3 Å². The van der Waals surface area contributed by atoms with Crippen LogP contribution in [0.1, 0.15) is 11.1 Å². The summed E-state index contributed by atoms with van der Waals surface area (Å²) in [4.78, 5) is 0. The minimum absolute atomic E-state index is 0.229. The maximum atomic E-state index is 11.1. The molecule has 1 heterocycles. The van der Waals surface area contributed by atoms with E-state index in [1.807, 2.05) is 12.1 Å². The standard InChI is InChI=1S/C18H17NO3S2/c19-9-11-5-7-12(8-6-11)13-3-1-2-4-14(13)18(22)10-24-17(23)15(20)16(18)21/h1-8,15-17,20-23H,10H2/t15-,16-,17-,18+/m1/s1. The Morgan fingerprint density at radius 3 is 2.46 bits per heavy atom. The Balaban J connectivity index is 2.07. The molecule has 124 valence electrons. The summed E-state index contributed by atoms with van der Waals surface area (Å²) >= 11 is 5.54. The van der Waals surface area contributed by atoms with Crippen LogP contribution in [0.25, 0.3) is 11.1 Å². The summed E-state index contributed by atoms with van der Waals surface area (Å²) in [6.07, 6.45) is -2.47. The van der Waals surface area contributed by atoms with E-state index in [-0.39, 0.29) is 5.75 Å². The highest BCUT2D eigenvalue weighted by molar-refractivity contribution is 8.10. The number of aliphatic hydroxyl groups is 3. The molecule has 0 aromatic heterocycles. The number of thioether (sulfide) groups is 1. The molecule has 24 heavy (non-hydrogen) atoms. The third-order valence-electron chi connectivity index (χ3n) is 4.30. The van der Waals surface area contributed by atoms with Crippen molar-refractivity contribution in [3.63, 3.8) is 0 Å². The summed E-state index contributed by atoms with van der Waals surface area (Å²) in [7, 11) is 0. The van der Waals surface area contributed by atoms with E-state index in [0.717, 1.165) is 11.1 Å². The molecule has 6 heteroatoms. The molecule has 1 fully saturated rings. The molecular weight excluding hydrogens is 342 g/mol. The number of aliphatic hydroxyl groups excluding tert-OH is 2. The van der Waals surface area contributed by atoms with Gasteiger partial charge in [-0.05, 0) is 28.8 Å². The van der Waals surface area contributed by atoms with E-state index in [2.05, 4.69) is 18.7 Å². The highest BCUT2D eigenvalue weighted by atomic mass is 32.2. The molecule has 2 aromatic rings. The number of hydrogen-bond donors (Lipinski definition) is 4. The second-order valence-electron chi connectivity index (χ2n) is 5.80. The Labute approximate surface area is 150 Å². The third-order valence-corrected chi connectivity index (χ3v) is 6.28. The lowest BCUT2D eigenvalue weighted by molar-refractivity contribution is -0.117. The zero-order valence-electron chi connectivity index (χ0n) is 12.7. The normalized spacial score (nSPS) is 29.9. The highest BCUT2D eigenvalue weighted by Crippen LogP contribution is 2.43. The van der Waals surface area contributed by atoms with Gasteiger partial charge in [0.25, 0.3) is 0 Å². The second kappa shape index (κ2) is 6.79. The zero-order chi connectivity index (χ0) is 17.3. The lowest BCUT2D eigenvalue weighted by Crippen LogP contribution is -2.55. The molecule has 0 bridgehead atoms. The van der Waals surface area contributed by atoms with Crippen LogP contribution >= 0.6 is 24.4 Å². The summed E-state index contributed by atoms with van der Waals surface area (Å²) in [5, 5.41) is 40.6. The van der Waals surface area contributed by atoms with Crippen LogP contribution in [0.15, 0.2) is 48.5 Å². The Morgan fingerprint density at radius 2 is 1.79 bits per heavy atom. The number of hydrogen-bond acceptors (Lipinski definition) is 6. The van der Waals surface area contributed by atoms with Gasteiger partial charge < -0.3 is 15.3 Å². The molecule has 4 nitrogen and oxygen atoms in total. The molecule has 4 atom stereocenters. The molecule has 1 aliphatic heterocycles. The summed E-state index contributed by atoms with van der Waals surface area (Å²) < 4.78 is -0.442. The Hall–Kier alpha value is -1.49. The fourth-order valence-electron chi connectivity index (χ4n) is 2.91. The fraction of sp³-hybridized carbons (Fsp3) is 0.278. The van der Waals surface area contributed by atoms with E-state index in [4.69, 9.17) is 5.26 Å². The van der Waals surface area contributed by atoms with E-state index in [1.54, 1.807) is 36.4 Å². The van der Waals surface area contributed by atoms with Gasteiger partial charge in [0, 0.05) is 5.75 Å². The second-order valence-corrected chi connectivity index (χ2v) is 7.83. The van der Waals surface area contributed by atoms with Crippen LogP contribution in [-0.4, -0.2) is 37.9 Å². The van der Waals surface area contributed by atoms with Crippen LogP contribution in [0.2, 0.25) is 0 Å². The first-order chi connectivity index (χ1) is 11.5. The first-order valence-electron chi connectivity index (χ1n) is 7.45. The molecule has 0 unspecified atom stereocenters. The predicted molar refractivity (Wildman–Crippen MR) is 97.7 cm³/mol. The topological polar surface area (TPSA) is 84.5 Å². The van der Waals surface area contributed by atoms with Crippen molar-refractivity contribution in [2.75, 3.05) is 5.75 Å². The Bertz CT molecular complexity index is 775. The molecule has 0 amide bonds. The predicted octanol–water partition coefficient (Wildman–Crippen LogP) is 2.14. The molecule has 0 spiro atoms. The van der Waals surface area contributed by atoms with Crippen molar-refractivity contribution >= 4 is 24.4 Å². The molecule has 3 rings (SSSR count). The quantitative estimate of drug-likeness (QED) is 0.618. The Kier molecular flexibility index (Phi) is 4.90. The fourth-order valence-corrected chi connectivity index (χ4v) is 4.39. The Morgan fingerprint density at radius 1 is 1.12 bits per heavy atom. The zero-order valence-corrected chi connectivity index (χ0v) is 14.4. The van der Waals surface area contributed by atoms with Gasteiger partial charge in [-0.1, -0.05) is 36.4 Å². The van der Waals surface area contributed by atoms with Crippen molar-refractivity contribution in [2.45, 2.75) is 22.4 Å². The van der Waals surface area contributed by atoms with E-state index >= 15 is 0 Å². The number of rotatable bonds is 2. The van der Waals surface area contributed by atoms with Gasteiger partial charge in [-0.15, -0.1) is 11.8 Å². The van der Waals surface area contributed by atoms with Crippen LogP contribution in [0.5, 0.6) is 0 Å². The largest absolute Gasteiger partial charge is 0.388 e. The maximum Gasteiger partial charge on any atom is 0.128 e. The van der Waals surface area contributed by atoms with Crippen molar-refractivity contribution in [3.05, 3.63) is 59.7 Å². The number of thiol groups is 1. The minimum atomic E-state index is -1.58. The van der Waals surface area contributed by atoms with Gasteiger partial charge >= 0.3 is 0 Å². The van der Waals surface area contributed by atoms with Crippen molar-refractivity contribution in [2.24, 2.45) is 0 Å². The average Bonchev–Trinajstić information content (AvgIpc) is 2.63. The van der Waals surface area contributed by atoms with Gasteiger partial charge in [-0.2, -0.15) is 17.9 Å². The summed E-state index contributed by atoms with van der Waals surface area (Å²) in [6.45, 7) is 0. The average molecular weight is 359 g/mol. The molecule has 1 saturated heterocycles. The van der Waals surface area contributed by atoms with Crippen molar-refractivity contribution in [3.8, 4) is 17.2 Å². The summed E-state index contributed by atoms with van der Waals surface area (Å²) in [5.74, 6) is 0.229. The summed E-state index contributed by atoms with van der Waals surface area (Å²) in [5.41, 5.74) is 1.12. The monoisotopic (exact) mass is 359 g/mol. The minimum Gasteiger partial charge on any atom is -0.388 e. The van der Waals surface area contributed by atoms with Gasteiger partial charge in [0.1, 0.15) is 17.8 Å². The number of benzene rings is 2. The molecule has 0 saturated carbocycles. The molecule has 2 aromatic carbocycles. The van der Waals surface area contributed by atoms with Gasteiger partial charge in [0.2, 0.25) is 0 Å². The highest BCUT2D eigenvalue weighted by Gasteiger charge is 2.48. The van der Waals surface area contributed by atoms with Gasteiger partial charge in [-0.25, -0.2) is 0 Å². The molecular formula is C18H17NO3S2. The third kappa shape index (κ3) is 2.94. The van der Waals surface area contributed by atoms with Crippen LogP contribution < -0.4 is 0 Å². The lowest BCUT2D eigenvalue weighted by atomic mass is 9.82. The molecule has 0 aliphatic carbocycles. The van der Waals surface area contributed by atoms with E-state index in [0.29, 0.717) is 11.1 Å². The van der Waals surface area contributed by atoms with E-state index < -0.39 is 22.4 Å². The molecule has 0 radical (unpaired) electrons. The SMILES string of the molecule is N#Cc1ccc(-c2ccccc2[C@@]2(O)CS[C@@H](S)[C@H](O)[C@H]2O)cc1. The van der Waals surface area contributed by atoms with Crippen LogP contribution in [0.4, 0.5) is 0 Å². The van der Waals surface area contributed by atoms with E-state index in [1.165, 1.54) is 11.8 Å². The van der Waals surface area contributed by atoms with Crippen LogP contribution in [0.3, 0.4) is 0 Å². The van der Waals surface area contributed by atoms with Crippen LogP contribution in [-0.2, 0) is 5.60 Å². The van der Waals surface area contributed by atoms with Gasteiger partial charge in [0.15, 0.2) is 0 Å². The first-order valence-corrected chi connectivity index (χ1v) is 9.02. The molecule has 3 N–H and O–H groups in total.